The molecule has 166 valence electrons. The van der Waals surface area contributed by atoms with Crippen LogP contribution in [0.5, 0.6) is 0 Å². The molecule has 2 atom stereocenters. The molecule has 1 nitrogen and oxygen atoms in total. The molecule has 0 bridgehead atoms. The first kappa shape index (κ1) is 26.5. The Kier molecular flexibility index (Phi) is 15.4. The monoisotopic (exact) mass is 500 g/mol. The Morgan fingerprint density at radius 1 is 0.821 bits per heavy atom. The summed E-state index contributed by atoms with van der Waals surface area (Å²) in [6, 6.07) is 0. The predicted octanol–water partition coefficient (Wildman–Crippen LogP) is 9.23. The molecule has 0 heterocycles. The third kappa shape index (κ3) is 9.54. The molecule has 0 aromatic carbocycles. The molecule has 1 aliphatic rings. The Bertz CT molecular complexity index is 381. The molecule has 0 saturated heterocycles. The average Bonchev–Trinajstić information content (AvgIpc) is 2.73. The summed E-state index contributed by atoms with van der Waals surface area (Å²) in [6.07, 6.45) is 22.1. The van der Waals surface area contributed by atoms with Crippen molar-refractivity contribution in [3.63, 3.8) is 0 Å². The zero-order valence-electron chi connectivity index (χ0n) is 20.2. The van der Waals surface area contributed by atoms with Gasteiger partial charge in [-0.3, -0.25) is 0 Å². The molecule has 1 rings (SSSR count). The number of ether oxygens (including phenoxy) is 1. The minimum atomic E-state index is -2.34. The fourth-order valence-electron chi connectivity index (χ4n) is 5.11. The van der Waals surface area contributed by atoms with Crippen LogP contribution in [0.25, 0.3) is 0 Å². The van der Waals surface area contributed by atoms with Crippen LogP contribution in [0.4, 0.5) is 0 Å². The quantitative estimate of drug-likeness (QED) is 0.110. The molecule has 0 fully saturated rings. The van der Waals surface area contributed by atoms with E-state index in [2.05, 4.69) is 40.7 Å². The van der Waals surface area contributed by atoms with E-state index in [1.54, 1.807) is 18.9 Å². The summed E-state index contributed by atoms with van der Waals surface area (Å²) in [5, 5.41) is 0. The van der Waals surface area contributed by atoms with Gasteiger partial charge in [0.2, 0.25) is 0 Å². The summed E-state index contributed by atoms with van der Waals surface area (Å²) in [7, 11) is 0. The third-order valence-electron chi connectivity index (χ3n) is 7.05. The van der Waals surface area contributed by atoms with Crippen LogP contribution in [-0.2, 0) is 4.74 Å². The second kappa shape index (κ2) is 16.2. The van der Waals surface area contributed by atoms with Gasteiger partial charge in [0, 0.05) is 0 Å². The van der Waals surface area contributed by atoms with Crippen molar-refractivity contribution in [3.05, 3.63) is 11.6 Å². The van der Waals surface area contributed by atoms with Crippen molar-refractivity contribution < 1.29 is 4.74 Å². The van der Waals surface area contributed by atoms with Crippen LogP contribution in [0.1, 0.15) is 125 Å². The molecule has 0 spiro atoms. The number of hydrogen-bond acceptors (Lipinski definition) is 1. The normalized spacial score (nSPS) is 17.4. The van der Waals surface area contributed by atoms with Gasteiger partial charge in [0.1, 0.15) is 0 Å². The molecule has 0 amide bonds. The Morgan fingerprint density at radius 3 is 1.86 bits per heavy atom. The van der Waals surface area contributed by atoms with Crippen LogP contribution >= 0.6 is 0 Å². The molecule has 0 N–H and O–H groups in total. The van der Waals surface area contributed by atoms with E-state index in [9.17, 15) is 0 Å². The van der Waals surface area contributed by atoms with Crippen molar-refractivity contribution in [1.82, 2.24) is 0 Å². The Hall–Kier alpha value is 0.499. The Morgan fingerprint density at radius 2 is 1.39 bits per heavy atom. The van der Waals surface area contributed by atoms with E-state index in [1.807, 2.05) is 0 Å². The van der Waals surface area contributed by atoms with Crippen LogP contribution < -0.4 is 0 Å². The fraction of sp³-hybridized carbons (Fsp3) is 0.923. The van der Waals surface area contributed by atoms with Gasteiger partial charge in [0.05, 0.1) is 0 Å². The van der Waals surface area contributed by atoms with Gasteiger partial charge in [0.25, 0.3) is 0 Å². The van der Waals surface area contributed by atoms with E-state index in [4.69, 9.17) is 4.74 Å². The Balaban J connectivity index is 3.04. The summed E-state index contributed by atoms with van der Waals surface area (Å²) in [5.74, 6) is 0. The second-order valence-electron chi connectivity index (χ2n) is 9.46. The van der Waals surface area contributed by atoms with Gasteiger partial charge < -0.3 is 0 Å². The van der Waals surface area contributed by atoms with Gasteiger partial charge in [-0.1, -0.05) is 0 Å². The minimum absolute atomic E-state index is 0.368. The molecule has 0 aromatic rings. The van der Waals surface area contributed by atoms with E-state index in [0.29, 0.717) is 10.2 Å². The van der Waals surface area contributed by atoms with Crippen molar-refractivity contribution >= 4 is 18.4 Å². The summed E-state index contributed by atoms with van der Waals surface area (Å²) >= 11 is -2.34. The number of hydrogen-bond donors (Lipinski definition) is 0. The first-order valence-electron chi connectivity index (χ1n) is 13.0. The molecule has 1 aliphatic carbocycles. The van der Waals surface area contributed by atoms with E-state index in [1.165, 1.54) is 89.9 Å². The third-order valence-corrected chi connectivity index (χ3v) is 23.7. The van der Waals surface area contributed by atoms with E-state index < -0.39 is 18.4 Å². The molecule has 28 heavy (non-hydrogen) atoms. The average molecular weight is 499 g/mol. The first-order valence-corrected chi connectivity index (χ1v) is 20.7. The van der Waals surface area contributed by atoms with Gasteiger partial charge >= 0.3 is 183 Å². The SMILES string of the molecule is CCCCC[C@H](O[C@@H](C)C1=CCCCC1)[Sn]([CH2]CCC)([CH2]CCC)[CH2]CCC. The van der Waals surface area contributed by atoms with Crippen LogP contribution in [0.3, 0.4) is 0 Å². The summed E-state index contributed by atoms with van der Waals surface area (Å²) in [6.45, 7) is 11.9. The predicted molar refractivity (Wildman–Crippen MR) is 130 cm³/mol. The molecule has 0 aliphatic heterocycles. The maximum atomic E-state index is 7.12. The van der Waals surface area contributed by atoms with Crippen molar-refractivity contribution in [2.75, 3.05) is 0 Å². The van der Waals surface area contributed by atoms with Crippen LogP contribution in [0, 0.1) is 0 Å². The van der Waals surface area contributed by atoms with Crippen molar-refractivity contribution in [3.8, 4) is 0 Å². The van der Waals surface area contributed by atoms with Gasteiger partial charge in [-0.25, -0.2) is 0 Å². The summed E-state index contributed by atoms with van der Waals surface area (Å²) < 4.78 is 12.5. The van der Waals surface area contributed by atoms with Crippen LogP contribution in [0.2, 0.25) is 13.3 Å². The zero-order chi connectivity index (χ0) is 20.7. The van der Waals surface area contributed by atoms with Gasteiger partial charge in [-0.2, -0.15) is 0 Å². The molecular weight excluding hydrogens is 447 g/mol. The second-order valence-corrected chi connectivity index (χ2v) is 23.4. The fourth-order valence-corrected chi connectivity index (χ4v) is 22.8. The number of allylic oxidation sites excluding steroid dienone is 1. The summed E-state index contributed by atoms with van der Waals surface area (Å²) in [5.41, 5.74) is 1.62. The number of rotatable bonds is 17. The van der Waals surface area contributed by atoms with Crippen LogP contribution in [0.15, 0.2) is 11.6 Å². The molecule has 0 saturated carbocycles. The van der Waals surface area contributed by atoms with Crippen LogP contribution in [-0.4, -0.2) is 28.6 Å². The molecule has 0 aromatic heterocycles. The van der Waals surface area contributed by atoms with E-state index >= 15 is 0 Å². The number of unbranched alkanes of at least 4 members (excludes halogenated alkanes) is 5. The molecule has 0 radical (unpaired) electrons. The topological polar surface area (TPSA) is 9.23 Å². The Labute approximate surface area is 182 Å². The van der Waals surface area contributed by atoms with Crippen molar-refractivity contribution in [2.45, 2.75) is 148 Å². The first-order chi connectivity index (χ1) is 13.6. The van der Waals surface area contributed by atoms with Gasteiger partial charge in [0.15, 0.2) is 0 Å². The molecule has 0 unspecified atom stereocenters. The summed E-state index contributed by atoms with van der Waals surface area (Å²) in [4.78, 5) is 0. The van der Waals surface area contributed by atoms with Crippen molar-refractivity contribution in [2.24, 2.45) is 0 Å². The van der Waals surface area contributed by atoms with Gasteiger partial charge in [-0.15, -0.1) is 0 Å². The maximum absolute atomic E-state index is 7.12. The van der Waals surface area contributed by atoms with Gasteiger partial charge in [-0.05, 0) is 0 Å². The molecular formula is C26H52OSn. The molecule has 2 heteroatoms. The van der Waals surface area contributed by atoms with E-state index in [-0.39, 0.29) is 0 Å². The standard InChI is InChI=1S/C14H25O.3C4H9.Sn/c1-3-4-5-9-12-15-13(2)14-10-7-6-8-11-14;3*1-3-4-2;/h10,12-13H,3-9,11H2,1-2H3;3*1,3-4H2,2H3;/t13-;;;;/m0..../s1. The van der Waals surface area contributed by atoms with E-state index in [0.717, 1.165) is 0 Å². The zero-order valence-corrected chi connectivity index (χ0v) is 23.0. The van der Waals surface area contributed by atoms with Crippen molar-refractivity contribution in [1.29, 1.82) is 0 Å².